The van der Waals surface area contributed by atoms with Crippen LogP contribution in [0.4, 0.5) is 0 Å². The maximum atomic E-state index is 8.66. The quantitative estimate of drug-likeness (QED) is 0.387. The van der Waals surface area contributed by atoms with Crippen LogP contribution in [0.3, 0.4) is 0 Å². The summed E-state index contributed by atoms with van der Waals surface area (Å²) in [5.41, 5.74) is 8.59. The smallest absolute Gasteiger partial charge is 0.170 e. The molecule has 0 amide bonds. The molecule has 5 heteroatoms. The van der Waals surface area contributed by atoms with Gasteiger partial charge in [-0.2, -0.15) is 0 Å². The third kappa shape index (κ3) is 3.26. The molecule has 20 heavy (non-hydrogen) atoms. The summed E-state index contributed by atoms with van der Waals surface area (Å²) in [6.07, 6.45) is 0. The highest BCUT2D eigenvalue weighted by atomic mass is 35.5. The standard InChI is InChI=1S/C15H15ClN2OS/c1-9-3-5-13(10(2)7-9)20-14-6-4-11(8-12(14)16)15(17)18-19/h3-8,19H,1-2H3,(H2,17,18). The lowest BCUT2D eigenvalue weighted by atomic mass is 10.2. The topological polar surface area (TPSA) is 58.6 Å². The van der Waals surface area contributed by atoms with Crippen molar-refractivity contribution in [2.45, 2.75) is 23.6 Å². The molecule has 0 bridgehead atoms. The van der Waals surface area contributed by atoms with Crippen LogP contribution >= 0.6 is 23.4 Å². The lowest BCUT2D eigenvalue weighted by Crippen LogP contribution is -2.12. The highest BCUT2D eigenvalue weighted by molar-refractivity contribution is 7.99. The molecule has 0 saturated carbocycles. The molecular weight excluding hydrogens is 292 g/mol. The van der Waals surface area contributed by atoms with E-state index in [0.29, 0.717) is 10.6 Å². The van der Waals surface area contributed by atoms with Gasteiger partial charge in [0.1, 0.15) is 0 Å². The lowest BCUT2D eigenvalue weighted by Gasteiger charge is -2.09. The van der Waals surface area contributed by atoms with Gasteiger partial charge in [-0.05, 0) is 43.7 Å². The number of hydrogen-bond acceptors (Lipinski definition) is 3. The first-order valence-electron chi connectivity index (χ1n) is 6.04. The highest BCUT2D eigenvalue weighted by Crippen LogP contribution is 2.35. The van der Waals surface area contributed by atoms with Gasteiger partial charge < -0.3 is 10.9 Å². The second-order valence-corrected chi connectivity index (χ2v) is 5.99. The third-order valence-electron chi connectivity index (χ3n) is 2.89. The van der Waals surface area contributed by atoms with E-state index in [0.717, 1.165) is 9.79 Å². The highest BCUT2D eigenvalue weighted by Gasteiger charge is 2.08. The molecule has 0 spiro atoms. The summed E-state index contributed by atoms with van der Waals surface area (Å²) in [7, 11) is 0. The number of nitrogens with two attached hydrogens (primary N) is 1. The second-order valence-electron chi connectivity index (χ2n) is 4.50. The van der Waals surface area contributed by atoms with Crippen LogP contribution in [0.2, 0.25) is 5.02 Å². The molecule has 104 valence electrons. The van der Waals surface area contributed by atoms with E-state index in [1.807, 2.05) is 6.07 Å². The Balaban J connectivity index is 2.30. The number of rotatable bonds is 3. The first-order valence-corrected chi connectivity index (χ1v) is 7.23. The molecule has 2 aromatic carbocycles. The number of aryl methyl sites for hydroxylation is 2. The second kappa shape index (κ2) is 6.20. The van der Waals surface area contributed by atoms with E-state index >= 15 is 0 Å². The van der Waals surface area contributed by atoms with Crippen LogP contribution in [0.15, 0.2) is 51.3 Å². The van der Waals surface area contributed by atoms with E-state index in [2.05, 4.69) is 37.2 Å². The van der Waals surface area contributed by atoms with Crippen LogP contribution in [0.5, 0.6) is 0 Å². The number of hydrogen-bond donors (Lipinski definition) is 2. The Kier molecular flexibility index (Phi) is 4.57. The van der Waals surface area contributed by atoms with Crippen molar-refractivity contribution >= 4 is 29.2 Å². The molecule has 0 aliphatic heterocycles. The summed E-state index contributed by atoms with van der Waals surface area (Å²) >= 11 is 7.85. The largest absolute Gasteiger partial charge is 0.409 e. The maximum Gasteiger partial charge on any atom is 0.170 e. The third-order valence-corrected chi connectivity index (χ3v) is 4.56. The van der Waals surface area contributed by atoms with Crippen molar-refractivity contribution < 1.29 is 5.21 Å². The zero-order valence-corrected chi connectivity index (χ0v) is 12.8. The predicted molar refractivity (Wildman–Crippen MR) is 84.0 cm³/mol. The number of halogens is 1. The summed E-state index contributed by atoms with van der Waals surface area (Å²) < 4.78 is 0. The Hall–Kier alpha value is -1.65. The van der Waals surface area contributed by atoms with Crippen LogP contribution in [0.25, 0.3) is 0 Å². The van der Waals surface area contributed by atoms with Gasteiger partial charge in [-0.15, -0.1) is 0 Å². The lowest BCUT2D eigenvalue weighted by molar-refractivity contribution is 0.318. The normalized spacial score (nSPS) is 11.7. The van der Waals surface area contributed by atoms with Gasteiger partial charge in [0, 0.05) is 15.4 Å². The van der Waals surface area contributed by atoms with Crippen LogP contribution < -0.4 is 5.73 Å². The Morgan fingerprint density at radius 3 is 2.45 bits per heavy atom. The van der Waals surface area contributed by atoms with Crippen molar-refractivity contribution in [3.8, 4) is 0 Å². The first-order chi connectivity index (χ1) is 9.51. The number of amidine groups is 1. The van der Waals surface area contributed by atoms with E-state index in [4.69, 9.17) is 22.5 Å². The average Bonchev–Trinajstić information content (AvgIpc) is 2.42. The summed E-state index contributed by atoms with van der Waals surface area (Å²) in [4.78, 5) is 2.10. The van der Waals surface area contributed by atoms with Gasteiger partial charge in [0.15, 0.2) is 5.84 Å². The van der Waals surface area contributed by atoms with E-state index in [1.165, 1.54) is 11.1 Å². The molecule has 2 rings (SSSR count). The molecule has 0 aliphatic carbocycles. The summed E-state index contributed by atoms with van der Waals surface area (Å²) in [5, 5.41) is 12.2. The van der Waals surface area contributed by atoms with Gasteiger partial charge in [-0.25, -0.2) is 0 Å². The molecule has 3 nitrogen and oxygen atoms in total. The van der Waals surface area contributed by atoms with E-state index in [9.17, 15) is 0 Å². The molecular formula is C15H15ClN2OS. The fraction of sp³-hybridized carbons (Fsp3) is 0.133. The minimum atomic E-state index is 0.0509. The molecule has 0 aliphatic rings. The van der Waals surface area contributed by atoms with Gasteiger partial charge in [0.2, 0.25) is 0 Å². The van der Waals surface area contributed by atoms with Crippen LogP contribution in [0.1, 0.15) is 16.7 Å². The van der Waals surface area contributed by atoms with Crippen LogP contribution in [-0.4, -0.2) is 11.0 Å². The SMILES string of the molecule is Cc1ccc(Sc2ccc(C(N)=NO)cc2Cl)c(C)c1. The number of oxime groups is 1. The zero-order chi connectivity index (χ0) is 14.7. The van der Waals surface area contributed by atoms with Gasteiger partial charge in [-0.3, -0.25) is 0 Å². The molecule has 3 N–H and O–H groups in total. The van der Waals surface area contributed by atoms with Crippen molar-refractivity contribution in [2.75, 3.05) is 0 Å². The molecule has 0 saturated heterocycles. The maximum absolute atomic E-state index is 8.66. The minimum absolute atomic E-state index is 0.0509. The Labute approximate surface area is 127 Å². The fourth-order valence-corrected chi connectivity index (χ4v) is 3.01. The van der Waals surface area contributed by atoms with E-state index < -0.39 is 0 Å². The van der Waals surface area contributed by atoms with Crippen molar-refractivity contribution in [1.82, 2.24) is 0 Å². The molecule has 0 radical (unpaired) electrons. The molecule has 0 heterocycles. The summed E-state index contributed by atoms with van der Waals surface area (Å²) in [6.45, 7) is 4.15. The molecule has 2 aromatic rings. The van der Waals surface area contributed by atoms with Crippen molar-refractivity contribution in [1.29, 1.82) is 0 Å². The van der Waals surface area contributed by atoms with Gasteiger partial charge in [0.05, 0.1) is 5.02 Å². The molecule has 0 atom stereocenters. The average molecular weight is 307 g/mol. The van der Waals surface area contributed by atoms with Gasteiger partial charge >= 0.3 is 0 Å². The molecule has 0 aromatic heterocycles. The Morgan fingerprint density at radius 2 is 1.85 bits per heavy atom. The van der Waals surface area contributed by atoms with E-state index in [1.54, 1.807) is 23.9 Å². The van der Waals surface area contributed by atoms with Crippen LogP contribution in [-0.2, 0) is 0 Å². The Morgan fingerprint density at radius 1 is 1.15 bits per heavy atom. The number of benzene rings is 2. The minimum Gasteiger partial charge on any atom is -0.409 e. The van der Waals surface area contributed by atoms with Crippen molar-refractivity contribution in [2.24, 2.45) is 10.9 Å². The summed E-state index contributed by atoms with van der Waals surface area (Å²) in [6, 6.07) is 11.7. The van der Waals surface area contributed by atoms with Gasteiger partial charge in [-0.1, -0.05) is 46.2 Å². The van der Waals surface area contributed by atoms with Crippen molar-refractivity contribution in [3.63, 3.8) is 0 Å². The molecule has 0 fully saturated rings. The summed E-state index contributed by atoms with van der Waals surface area (Å²) in [5.74, 6) is 0.0509. The molecule has 0 unspecified atom stereocenters. The van der Waals surface area contributed by atoms with Crippen LogP contribution in [0, 0.1) is 13.8 Å². The first kappa shape index (κ1) is 14.8. The predicted octanol–water partition coefficient (Wildman–Crippen LogP) is 4.20. The van der Waals surface area contributed by atoms with E-state index in [-0.39, 0.29) is 5.84 Å². The Bertz CT molecular complexity index is 671. The van der Waals surface area contributed by atoms with Crippen molar-refractivity contribution in [3.05, 3.63) is 58.1 Å². The van der Waals surface area contributed by atoms with Gasteiger partial charge in [0.25, 0.3) is 0 Å². The fourth-order valence-electron chi connectivity index (χ4n) is 1.83. The number of nitrogens with zero attached hydrogens (tertiary/aromatic N) is 1. The monoisotopic (exact) mass is 306 g/mol. The zero-order valence-electron chi connectivity index (χ0n) is 11.2.